The average molecular weight is 468 g/mol. The lowest BCUT2D eigenvalue weighted by atomic mass is 9.72. The quantitative estimate of drug-likeness (QED) is 0.370. The van der Waals surface area contributed by atoms with E-state index < -0.39 is 0 Å². The van der Waals surface area contributed by atoms with Crippen molar-refractivity contribution in [1.29, 1.82) is 0 Å². The predicted molar refractivity (Wildman–Crippen MR) is 154 cm³/mol. The molecule has 1 aliphatic heterocycles. The van der Waals surface area contributed by atoms with Crippen molar-refractivity contribution in [1.82, 2.24) is 0 Å². The highest BCUT2D eigenvalue weighted by Crippen LogP contribution is 2.53. The molecule has 1 heteroatoms. The molecule has 36 heavy (non-hydrogen) atoms. The fourth-order valence-corrected chi connectivity index (χ4v) is 6.21. The number of aryl methyl sites for hydroxylation is 1. The molecule has 1 heterocycles. The molecule has 4 unspecified atom stereocenters. The van der Waals surface area contributed by atoms with E-state index in [9.17, 15) is 0 Å². The number of allylic oxidation sites excluding steroid dienone is 7. The molecular formula is C35H33N. The molecule has 6 rings (SSSR count). The molecule has 3 aliphatic rings. The van der Waals surface area contributed by atoms with Gasteiger partial charge in [0.05, 0.1) is 6.04 Å². The van der Waals surface area contributed by atoms with Crippen LogP contribution in [0, 0.1) is 12.8 Å². The Morgan fingerprint density at radius 2 is 1.69 bits per heavy atom. The predicted octanol–water partition coefficient (Wildman–Crippen LogP) is 8.83. The Labute approximate surface area is 215 Å². The van der Waals surface area contributed by atoms with Gasteiger partial charge in [0.25, 0.3) is 0 Å². The van der Waals surface area contributed by atoms with Gasteiger partial charge < -0.3 is 4.90 Å². The van der Waals surface area contributed by atoms with Gasteiger partial charge in [-0.3, -0.25) is 0 Å². The van der Waals surface area contributed by atoms with E-state index in [0.717, 1.165) is 0 Å². The monoisotopic (exact) mass is 467 g/mol. The summed E-state index contributed by atoms with van der Waals surface area (Å²) in [6.07, 6.45) is 16.1. The van der Waals surface area contributed by atoms with Crippen LogP contribution in [0.1, 0.15) is 42.0 Å². The fourth-order valence-electron chi connectivity index (χ4n) is 6.21. The van der Waals surface area contributed by atoms with Gasteiger partial charge in [-0.05, 0) is 65.8 Å². The first-order valence-corrected chi connectivity index (χ1v) is 13.0. The van der Waals surface area contributed by atoms with Gasteiger partial charge in [-0.2, -0.15) is 0 Å². The molecule has 0 amide bonds. The topological polar surface area (TPSA) is 3.24 Å². The van der Waals surface area contributed by atoms with Crippen molar-refractivity contribution in [2.24, 2.45) is 5.92 Å². The summed E-state index contributed by atoms with van der Waals surface area (Å²) in [5.74, 6) is 0.799. The summed E-state index contributed by atoms with van der Waals surface area (Å²) in [5.41, 5.74) is 10.3. The van der Waals surface area contributed by atoms with E-state index in [4.69, 9.17) is 0 Å². The van der Waals surface area contributed by atoms with Crippen LogP contribution in [-0.4, -0.2) is 6.04 Å². The molecule has 0 fully saturated rings. The first kappa shape index (κ1) is 22.6. The standard InChI is InChI=1S/C35H33N/c1-5-26-13-18-31(25(3)21-26)28-16-19-33-32(22-28)35(4)23-29(27-14-11-24(2)12-15-27)17-20-34(35)36(33)30-9-7-6-8-10-30/h5-23,25,31,34H,1H2,2-4H3. The second-order valence-corrected chi connectivity index (χ2v) is 10.6. The van der Waals surface area contributed by atoms with E-state index in [-0.39, 0.29) is 11.5 Å². The van der Waals surface area contributed by atoms with Crippen LogP contribution in [-0.2, 0) is 5.41 Å². The van der Waals surface area contributed by atoms with Crippen molar-refractivity contribution in [3.05, 3.63) is 150 Å². The van der Waals surface area contributed by atoms with Gasteiger partial charge in [-0.15, -0.1) is 0 Å². The molecule has 0 saturated heterocycles. The molecule has 0 spiro atoms. The Balaban J connectivity index is 1.49. The highest BCUT2D eigenvalue weighted by atomic mass is 15.2. The van der Waals surface area contributed by atoms with E-state index in [1.54, 1.807) is 0 Å². The lowest BCUT2D eigenvalue weighted by Crippen LogP contribution is -2.39. The molecule has 3 aromatic carbocycles. The van der Waals surface area contributed by atoms with Crippen molar-refractivity contribution in [2.75, 3.05) is 4.90 Å². The largest absolute Gasteiger partial charge is 0.333 e. The molecule has 3 aromatic rings. The number of hydrogen-bond donors (Lipinski definition) is 0. The third-order valence-corrected chi connectivity index (χ3v) is 8.22. The minimum absolute atomic E-state index is 0.139. The van der Waals surface area contributed by atoms with Crippen LogP contribution in [0.5, 0.6) is 0 Å². The third-order valence-electron chi connectivity index (χ3n) is 8.22. The molecule has 0 aromatic heterocycles. The summed E-state index contributed by atoms with van der Waals surface area (Å²) in [6.45, 7) is 10.8. The van der Waals surface area contributed by atoms with Crippen LogP contribution in [0.3, 0.4) is 0 Å². The second kappa shape index (κ2) is 8.68. The number of para-hydroxylation sites is 1. The smallest absolute Gasteiger partial charge is 0.0655 e. The summed E-state index contributed by atoms with van der Waals surface area (Å²) in [5, 5.41) is 0. The maximum absolute atomic E-state index is 3.95. The number of hydrogen-bond acceptors (Lipinski definition) is 1. The highest BCUT2D eigenvalue weighted by molar-refractivity contribution is 5.84. The van der Waals surface area contributed by atoms with Crippen LogP contribution in [0.25, 0.3) is 5.57 Å². The zero-order chi connectivity index (χ0) is 24.9. The molecule has 0 bridgehead atoms. The van der Waals surface area contributed by atoms with E-state index in [1.165, 1.54) is 44.8 Å². The number of anilines is 2. The van der Waals surface area contributed by atoms with Gasteiger partial charge in [0, 0.05) is 22.7 Å². The van der Waals surface area contributed by atoms with Gasteiger partial charge in [0.2, 0.25) is 0 Å². The van der Waals surface area contributed by atoms with Crippen LogP contribution in [0.2, 0.25) is 0 Å². The van der Waals surface area contributed by atoms with Crippen LogP contribution >= 0.6 is 0 Å². The summed E-state index contributed by atoms with van der Waals surface area (Å²) in [4.78, 5) is 2.52. The zero-order valence-electron chi connectivity index (χ0n) is 21.4. The summed E-state index contributed by atoms with van der Waals surface area (Å²) in [6, 6.07) is 27.1. The lowest BCUT2D eigenvalue weighted by Gasteiger charge is -2.36. The average Bonchev–Trinajstić information content (AvgIpc) is 3.16. The van der Waals surface area contributed by atoms with Crippen molar-refractivity contribution < 1.29 is 0 Å². The minimum atomic E-state index is -0.139. The van der Waals surface area contributed by atoms with Gasteiger partial charge in [-0.25, -0.2) is 0 Å². The zero-order valence-corrected chi connectivity index (χ0v) is 21.4. The minimum Gasteiger partial charge on any atom is -0.333 e. The van der Waals surface area contributed by atoms with Crippen LogP contribution in [0.4, 0.5) is 11.4 Å². The molecule has 0 saturated carbocycles. The molecule has 0 radical (unpaired) electrons. The van der Waals surface area contributed by atoms with Gasteiger partial charge in [-0.1, -0.05) is 116 Å². The number of nitrogens with zero attached hydrogens (tertiary/aromatic N) is 1. The summed E-state index contributed by atoms with van der Waals surface area (Å²) in [7, 11) is 0. The SMILES string of the molecule is C=CC1=CC(C)C(c2ccc3c(c2)C2(C)C=C(c4ccc(C)cc4)C=CC2N3c2ccccc2)C=C1. The van der Waals surface area contributed by atoms with Crippen molar-refractivity contribution in [3.63, 3.8) is 0 Å². The van der Waals surface area contributed by atoms with Gasteiger partial charge >= 0.3 is 0 Å². The van der Waals surface area contributed by atoms with E-state index in [2.05, 4.69) is 142 Å². The molecular weight excluding hydrogens is 434 g/mol. The number of benzene rings is 3. The van der Waals surface area contributed by atoms with E-state index in [1.807, 2.05) is 6.08 Å². The first-order chi connectivity index (χ1) is 17.5. The fraction of sp³-hybridized carbons (Fsp3) is 0.200. The van der Waals surface area contributed by atoms with E-state index in [0.29, 0.717) is 11.8 Å². The second-order valence-electron chi connectivity index (χ2n) is 10.6. The van der Waals surface area contributed by atoms with Gasteiger partial charge in [0.1, 0.15) is 0 Å². The number of fused-ring (bicyclic) bond motifs is 3. The Hall–Kier alpha value is -3.84. The highest BCUT2D eigenvalue weighted by Gasteiger charge is 2.47. The van der Waals surface area contributed by atoms with Crippen LogP contribution < -0.4 is 4.90 Å². The van der Waals surface area contributed by atoms with Crippen LogP contribution in [0.15, 0.2) is 127 Å². The summed E-state index contributed by atoms with van der Waals surface area (Å²) < 4.78 is 0. The molecule has 0 N–H and O–H groups in total. The lowest BCUT2D eigenvalue weighted by molar-refractivity contribution is 0.551. The molecule has 2 aliphatic carbocycles. The Morgan fingerprint density at radius 3 is 2.42 bits per heavy atom. The summed E-state index contributed by atoms with van der Waals surface area (Å²) >= 11 is 0. The maximum atomic E-state index is 3.95. The van der Waals surface area contributed by atoms with E-state index >= 15 is 0 Å². The number of rotatable bonds is 4. The third kappa shape index (κ3) is 3.62. The molecule has 178 valence electrons. The van der Waals surface area contributed by atoms with Crippen molar-refractivity contribution in [2.45, 2.75) is 38.1 Å². The Bertz CT molecular complexity index is 1430. The first-order valence-electron chi connectivity index (χ1n) is 13.0. The van der Waals surface area contributed by atoms with Crippen molar-refractivity contribution in [3.8, 4) is 0 Å². The molecule has 4 atom stereocenters. The Kier molecular flexibility index (Phi) is 5.45. The van der Waals surface area contributed by atoms with Crippen molar-refractivity contribution >= 4 is 16.9 Å². The Morgan fingerprint density at radius 1 is 0.917 bits per heavy atom. The molecule has 1 nitrogen and oxygen atoms in total. The maximum Gasteiger partial charge on any atom is 0.0655 e. The normalized spacial score (nSPS) is 26.2. The van der Waals surface area contributed by atoms with Gasteiger partial charge in [0.15, 0.2) is 0 Å².